The number of thiazole rings is 1. The van der Waals surface area contributed by atoms with Gasteiger partial charge in [0, 0.05) is 32.7 Å². The second kappa shape index (κ2) is 10.8. The monoisotopic (exact) mass is 511 g/mol. The van der Waals surface area contributed by atoms with Gasteiger partial charge in [0.1, 0.15) is 6.10 Å². The zero-order valence-corrected chi connectivity index (χ0v) is 21.9. The Morgan fingerprint density at radius 2 is 1.89 bits per heavy atom. The van der Waals surface area contributed by atoms with E-state index in [9.17, 15) is 8.42 Å². The van der Waals surface area contributed by atoms with Gasteiger partial charge in [0.25, 0.3) is 5.19 Å². The third kappa shape index (κ3) is 5.94. The number of fused-ring (bicyclic) bond motifs is 1. The van der Waals surface area contributed by atoms with E-state index < -0.39 is 10.0 Å². The molecule has 0 N–H and O–H groups in total. The summed E-state index contributed by atoms with van der Waals surface area (Å²) in [7, 11) is -3.14. The zero-order chi connectivity index (χ0) is 24.3. The average molecular weight is 512 g/mol. The lowest BCUT2D eigenvalue weighted by Crippen LogP contribution is -2.37. The summed E-state index contributed by atoms with van der Waals surface area (Å²) in [5.74, 6) is 0.220. The molecule has 3 heterocycles. The Bertz CT molecular complexity index is 1280. The molecule has 0 amide bonds. The van der Waals surface area contributed by atoms with Gasteiger partial charge in [0.2, 0.25) is 10.0 Å². The van der Waals surface area contributed by atoms with Crippen molar-refractivity contribution in [1.82, 2.24) is 14.2 Å². The number of hydrogen-bond acceptors (Lipinski definition) is 6. The van der Waals surface area contributed by atoms with E-state index in [1.165, 1.54) is 11.1 Å². The maximum Gasteiger partial charge on any atom is 0.274 e. The highest BCUT2D eigenvalue weighted by Gasteiger charge is 2.24. The van der Waals surface area contributed by atoms with Crippen LogP contribution in [-0.2, 0) is 16.6 Å². The molecule has 6 nitrogen and oxygen atoms in total. The topological polar surface area (TPSA) is 62.7 Å². The predicted octanol–water partition coefficient (Wildman–Crippen LogP) is 5.17. The number of likely N-dealkylation sites (tertiary alicyclic amines) is 1. The summed E-state index contributed by atoms with van der Waals surface area (Å²) < 4.78 is 33.7. The minimum atomic E-state index is -3.14. The van der Waals surface area contributed by atoms with Crippen LogP contribution in [0.5, 0.6) is 5.19 Å². The van der Waals surface area contributed by atoms with E-state index in [1.54, 1.807) is 15.6 Å². The molecule has 2 aliphatic rings. The van der Waals surface area contributed by atoms with E-state index >= 15 is 0 Å². The van der Waals surface area contributed by atoms with Crippen molar-refractivity contribution in [2.24, 2.45) is 0 Å². The second-order valence-electron chi connectivity index (χ2n) is 9.39. The van der Waals surface area contributed by atoms with Crippen molar-refractivity contribution >= 4 is 37.1 Å². The van der Waals surface area contributed by atoms with Crippen molar-refractivity contribution in [2.75, 3.05) is 31.9 Å². The fourth-order valence-electron chi connectivity index (χ4n) is 4.88. The number of aromatic nitrogens is 1. The summed E-state index contributed by atoms with van der Waals surface area (Å²) in [5, 5.41) is 0.744. The first-order valence-corrected chi connectivity index (χ1v) is 14.9. The van der Waals surface area contributed by atoms with Gasteiger partial charge in [0.15, 0.2) is 0 Å². The lowest BCUT2D eigenvalue weighted by molar-refractivity contribution is 0.0967. The van der Waals surface area contributed by atoms with Crippen LogP contribution in [0.3, 0.4) is 0 Å². The maximum atomic E-state index is 12.3. The van der Waals surface area contributed by atoms with Crippen LogP contribution in [0.4, 0.5) is 0 Å². The van der Waals surface area contributed by atoms with Gasteiger partial charge in [-0.25, -0.2) is 13.4 Å². The van der Waals surface area contributed by atoms with Crippen molar-refractivity contribution < 1.29 is 13.2 Å². The SMILES string of the molecule is CCCS(=O)(=O)N1CC=C(c2ccc3nc(OC4CCN(Cc5ccccc5)CC4)sc3c2)CC1. The van der Waals surface area contributed by atoms with Crippen LogP contribution < -0.4 is 4.74 Å². The Balaban J connectivity index is 1.19. The molecule has 0 saturated carbocycles. The van der Waals surface area contributed by atoms with Crippen LogP contribution in [0.2, 0.25) is 0 Å². The number of piperidine rings is 1. The molecule has 1 fully saturated rings. The van der Waals surface area contributed by atoms with Gasteiger partial charge in [0.05, 0.1) is 16.0 Å². The molecule has 186 valence electrons. The fraction of sp³-hybridized carbons (Fsp3) is 0.444. The highest BCUT2D eigenvalue weighted by molar-refractivity contribution is 7.89. The third-order valence-corrected chi connectivity index (χ3v) is 9.77. The van der Waals surface area contributed by atoms with Gasteiger partial charge in [-0.3, -0.25) is 4.90 Å². The van der Waals surface area contributed by atoms with Crippen molar-refractivity contribution in [3.05, 3.63) is 65.7 Å². The standard InChI is InChI=1S/C27H33N3O3S2/c1-2-18-35(31,32)30-16-10-22(11-17-30)23-8-9-25-26(19-23)34-27(28-25)33-24-12-14-29(15-13-24)20-21-6-4-3-5-7-21/h3-10,19,24H,2,11-18,20H2,1H3. The van der Waals surface area contributed by atoms with Gasteiger partial charge in [-0.05, 0) is 54.5 Å². The Morgan fingerprint density at radius 3 is 2.60 bits per heavy atom. The zero-order valence-electron chi connectivity index (χ0n) is 20.2. The number of hydrogen-bond donors (Lipinski definition) is 0. The van der Waals surface area contributed by atoms with Crippen molar-refractivity contribution in [3.8, 4) is 5.19 Å². The van der Waals surface area contributed by atoms with E-state index in [0.29, 0.717) is 19.5 Å². The lowest BCUT2D eigenvalue weighted by Gasteiger charge is -2.31. The highest BCUT2D eigenvalue weighted by atomic mass is 32.2. The molecular formula is C27H33N3O3S2. The summed E-state index contributed by atoms with van der Waals surface area (Å²) in [6.07, 6.45) is 5.67. The van der Waals surface area contributed by atoms with E-state index in [0.717, 1.165) is 59.9 Å². The summed E-state index contributed by atoms with van der Waals surface area (Å²) >= 11 is 1.60. The minimum absolute atomic E-state index is 0.208. The molecule has 0 unspecified atom stereocenters. The van der Waals surface area contributed by atoms with Crippen LogP contribution >= 0.6 is 11.3 Å². The molecule has 2 aliphatic heterocycles. The van der Waals surface area contributed by atoms with Gasteiger partial charge < -0.3 is 4.74 Å². The molecular weight excluding hydrogens is 478 g/mol. The molecule has 35 heavy (non-hydrogen) atoms. The molecule has 1 aromatic heterocycles. The molecule has 0 atom stereocenters. The largest absolute Gasteiger partial charge is 0.467 e. The first kappa shape index (κ1) is 24.4. The normalized spacial score (nSPS) is 18.6. The van der Waals surface area contributed by atoms with Crippen molar-refractivity contribution in [1.29, 1.82) is 0 Å². The van der Waals surface area contributed by atoms with Crippen LogP contribution in [0.15, 0.2) is 54.6 Å². The van der Waals surface area contributed by atoms with E-state index in [-0.39, 0.29) is 11.9 Å². The van der Waals surface area contributed by atoms with Crippen LogP contribution in [0.25, 0.3) is 15.8 Å². The highest BCUT2D eigenvalue weighted by Crippen LogP contribution is 2.33. The molecule has 5 rings (SSSR count). The number of rotatable bonds is 8. The molecule has 0 bridgehead atoms. The first-order chi connectivity index (χ1) is 17.0. The molecule has 0 radical (unpaired) electrons. The predicted molar refractivity (Wildman–Crippen MR) is 143 cm³/mol. The van der Waals surface area contributed by atoms with E-state index in [2.05, 4.69) is 59.5 Å². The smallest absolute Gasteiger partial charge is 0.274 e. The quantitative estimate of drug-likeness (QED) is 0.418. The fourth-order valence-corrected chi connectivity index (χ4v) is 7.24. The molecule has 3 aromatic rings. The van der Waals surface area contributed by atoms with Gasteiger partial charge in [-0.1, -0.05) is 60.7 Å². The van der Waals surface area contributed by atoms with Crippen LogP contribution in [0, 0.1) is 0 Å². The van der Waals surface area contributed by atoms with Gasteiger partial charge in [-0.15, -0.1) is 0 Å². The van der Waals surface area contributed by atoms with Crippen molar-refractivity contribution in [3.63, 3.8) is 0 Å². The number of sulfonamides is 1. The Labute approximate surface area is 212 Å². The summed E-state index contributed by atoms with van der Waals surface area (Å²) in [6, 6.07) is 16.9. The Kier molecular flexibility index (Phi) is 7.53. The molecule has 0 spiro atoms. The second-order valence-corrected chi connectivity index (χ2v) is 12.5. The number of nitrogens with zero attached hydrogens (tertiary/aromatic N) is 3. The van der Waals surface area contributed by atoms with Crippen LogP contribution in [0.1, 0.15) is 43.7 Å². The molecule has 0 aliphatic carbocycles. The summed E-state index contributed by atoms with van der Waals surface area (Å²) in [6.45, 7) is 5.97. The third-order valence-electron chi connectivity index (χ3n) is 6.82. The maximum absolute atomic E-state index is 12.3. The summed E-state index contributed by atoms with van der Waals surface area (Å²) in [4.78, 5) is 7.21. The van der Waals surface area contributed by atoms with E-state index in [1.807, 2.05) is 6.92 Å². The van der Waals surface area contributed by atoms with Gasteiger partial charge >= 0.3 is 0 Å². The number of ether oxygens (including phenoxy) is 1. The Hall–Kier alpha value is -2.26. The molecule has 8 heteroatoms. The molecule has 1 saturated heterocycles. The number of benzene rings is 2. The van der Waals surface area contributed by atoms with Crippen molar-refractivity contribution in [2.45, 2.75) is 45.3 Å². The lowest BCUT2D eigenvalue weighted by atomic mass is 10.0. The van der Waals surface area contributed by atoms with Gasteiger partial charge in [-0.2, -0.15) is 4.31 Å². The minimum Gasteiger partial charge on any atom is -0.467 e. The van der Waals surface area contributed by atoms with E-state index in [4.69, 9.17) is 9.72 Å². The van der Waals surface area contributed by atoms with Crippen LogP contribution in [-0.4, -0.2) is 60.6 Å². The average Bonchev–Trinajstić information content (AvgIpc) is 3.27. The summed E-state index contributed by atoms with van der Waals surface area (Å²) in [5.41, 5.74) is 4.67. The molecule has 2 aromatic carbocycles. The first-order valence-electron chi connectivity index (χ1n) is 12.5. The Morgan fingerprint density at radius 1 is 1.09 bits per heavy atom.